The molecule has 1 fully saturated rings. The highest BCUT2D eigenvalue weighted by molar-refractivity contribution is 5.33. The molecule has 1 aromatic carbocycles. The molecular weight excluding hydrogens is 341 g/mol. The van der Waals surface area contributed by atoms with E-state index in [2.05, 4.69) is 11.7 Å². The largest absolute Gasteiger partial charge is 0.493 e. The molecule has 0 amide bonds. The van der Waals surface area contributed by atoms with Crippen molar-refractivity contribution in [2.24, 2.45) is 11.8 Å². The van der Waals surface area contributed by atoms with Gasteiger partial charge in [0.05, 0.1) is 6.61 Å². The number of halogens is 3. The number of benzene rings is 1. The molecule has 0 radical (unpaired) electrons. The third kappa shape index (κ3) is 7.46. The third-order valence-electron chi connectivity index (χ3n) is 5.33. The Balaban J connectivity index is 1.60. The van der Waals surface area contributed by atoms with Crippen LogP contribution in [0.15, 0.2) is 18.2 Å². The average Bonchev–Trinajstić information content (AvgIpc) is 2.62. The normalized spacial score (nSPS) is 20.3. The number of ether oxygens (including phenoxy) is 2. The van der Waals surface area contributed by atoms with Gasteiger partial charge in [0, 0.05) is 6.07 Å². The lowest BCUT2D eigenvalue weighted by Crippen LogP contribution is -2.15. The maximum absolute atomic E-state index is 13.6. The summed E-state index contributed by atoms with van der Waals surface area (Å²) >= 11 is 0. The van der Waals surface area contributed by atoms with E-state index in [1.807, 2.05) is 0 Å². The smallest absolute Gasteiger partial charge is 0.387 e. The molecule has 0 atom stereocenters. The van der Waals surface area contributed by atoms with Crippen molar-refractivity contribution in [2.75, 3.05) is 6.61 Å². The van der Waals surface area contributed by atoms with E-state index in [0.29, 0.717) is 12.4 Å². The molecule has 2 rings (SSSR count). The van der Waals surface area contributed by atoms with Gasteiger partial charge in [-0.25, -0.2) is 4.39 Å². The molecule has 0 saturated heterocycles. The molecule has 1 aromatic rings. The molecule has 2 nitrogen and oxygen atoms in total. The molecule has 0 aliphatic heterocycles. The standard InChI is InChI=1S/C21H31F3O2/c1-2-3-4-6-16-8-10-17(11-9-16)7-5-14-25-18-12-13-20(19(22)15-18)26-21(23)24/h12-13,15-17,21H,2-11,14H2,1H3. The van der Waals surface area contributed by atoms with Crippen molar-refractivity contribution in [1.29, 1.82) is 0 Å². The minimum Gasteiger partial charge on any atom is -0.493 e. The van der Waals surface area contributed by atoms with E-state index in [4.69, 9.17) is 4.74 Å². The molecule has 26 heavy (non-hydrogen) atoms. The number of unbranched alkanes of at least 4 members (excludes halogenated alkanes) is 2. The van der Waals surface area contributed by atoms with Crippen molar-refractivity contribution in [3.8, 4) is 11.5 Å². The average molecular weight is 372 g/mol. The lowest BCUT2D eigenvalue weighted by Gasteiger charge is -2.28. The van der Waals surface area contributed by atoms with Crippen LogP contribution >= 0.6 is 0 Å². The van der Waals surface area contributed by atoms with Crippen LogP contribution in [0.1, 0.15) is 71.1 Å². The first-order chi connectivity index (χ1) is 12.6. The second kappa shape index (κ2) is 11.3. The summed E-state index contributed by atoms with van der Waals surface area (Å²) in [5, 5.41) is 0. The summed E-state index contributed by atoms with van der Waals surface area (Å²) in [6, 6.07) is 3.73. The van der Waals surface area contributed by atoms with E-state index in [1.165, 1.54) is 63.5 Å². The fraction of sp³-hybridized carbons (Fsp3) is 0.714. The van der Waals surface area contributed by atoms with Gasteiger partial charge in [0.2, 0.25) is 0 Å². The van der Waals surface area contributed by atoms with Crippen LogP contribution in [0.25, 0.3) is 0 Å². The zero-order valence-corrected chi connectivity index (χ0v) is 15.7. The zero-order chi connectivity index (χ0) is 18.8. The zero-order valence-electron chi connectivity index (χ0n) is 15.7. The Labute approximate surface area is 155 Å². The van der Waals surface area contributed by atoms with E-state index in [9.17, 15) is 13.2 Å². The van der Waals surface area contributed by atoms with Crippen molar-refractivity contribution in [2.45, 2.75) is 77.7 Å². The number of hydrogen-bond donors (Lipinski definition) is 0. The number of hydrogen-bond acceptors (Lipinski definition) is 2. The Morgan fingerprint density at radius 1 is 1.00 bits per heavy atom. The minimum absolute atomic E-state index is 0.351. The van der Waals surface area contributed by atoms with Crippen molar-refractivity contribution in [3.05, 3.63) is 24.0 Å². The van der Waals surface area contributed by atoms with Crippen LogP contribution in [0.5, 0.6) is 11.5 Å². The van der Waals surface area contributed by atoms with E-state index in [-0.39, 0.29) is 0 Å². The summed E-state index contributed by atoms with van der Waals surface area (Å²) in [6.07, 6.45) is 12.8. The van der Waals surface area contributed by atoms with Crippen LogP contribution in [-0.2, 0) is 0 Å². The SMILES string of the molecule is CCCCCC1CCC(CCCOc2ccc(OC(F)F)c(F)c2)CC1. The Morgan fingerprint density at radius 2 is 1.65 bits per heavy atom. The topological polar surface area (TPSA) is 18.5 Å². The highest BCUT2D eigenvalue weighted by atomic mass is 19.3. The molecule has 0 N–H and O–H groups in total. The molecule has 148 valence electrons. The van der Waals surface area contributed by atoms with Crippen LogP contribution in [0.3, 0.4) is 0 Å². The van der Waals surface area contributed by atoms with Crippen LogP contribution in [0, 0.1) is 17.7 Å². The number of alkyl halides is 2. The van der Waals surface area contributed by atoms with Crippen molar-refractivity contribution in [1.82, 2.24) is 0 Å². The maximum atomic E-state index is 13.6. The maximum Gasteiger partial charge on any atom is 0.387 e. The highest BCUT2D eigenvalue weighted by Crippen LogP contribution is 2.34. The van der Waals surface area contributed by atoms with E-state index in [1.54, 1.807) is 0 Å². The van der Waals surface area contributed by atoms with Crippen molar-refractivity contribution < 1.29 is 22.6 Å². The first-order valence-electron chi connectivity index (χ1n) is 9.95. The lowest BCUT2D eigenvalue weighted by atomic mass is 9.78. The van der Waals surface area contributed by atoms with Crippen LogP contribution < -0.4 is 9.47 Å². The van der Waals surface area contributed by atoms with Gasteiger partial charge >= 0.3 is 6.61 Å². The summed E-state index contributed by atoms with van der Waals surface area (Å²) in [6.45, 7) is -0.262. The van der Waals surface area contributed by atoms with Gasteiger partial charge in [-0.3, -0.25) is 0 Å². The molecule has 0 unspecified atom stereocenters. The van der Waals surface area contributed by atoms with Gasteiger partial charge in [0.25, 0.3) is 0 Å². The van der Waals surface area contributed by atoms with E-state index in [0.717, 1.165) is 30.7 Å². The Morgan fingerprint density at radius 3 is 2.23 bits per heavy atom. The molecule has 1 aliphatic carbocycles. The fourth-order valence-electron chi connectivity index (χ4n) is 3.82. The molecular formula is C21H31F3O2. The fourth-order valence-corrected chi connectivity index (χ4v) is 3.82. The van der Waals surface area contributed by atoms with Crippen molar-refractivity contribution in [3.63, 3.8) is 0 Å². The second-order valence-corrected chi connectivity index (χ2v) is 7.34. The molecule has 0 heterocycles. The molecule has 0 aromatic heterocycles. The lowest BCUT2D eigenvalue weighted by molar-refractivity contribution is -0.0522. The Kier molecular flexibility index (Phi) is 9.13. The molecule has 0 spiro atoms. The van der Waals surface area contributed by atoms with E-state index >= 15 is 0 Å². The van der Waals surface area contributed by atoms with Crippen LogP contribution in [0.2, 0.25) is 0 Å². The number of rotatable bonds is 11. The summed E-state index contributed by atoms with van der Waals surface area (Å²) in [4.78, 5) is 0. The van der Waals surface area contributed by atoms with Gasteiger partial charge < -0.3 is 9.47 Å². The van der Waals surface area contributed by atoms with Gasteiger partial charge in [0.15, 0.2) is 11.6 Å². The van der Waals surface area contributed by atoms with E-state index < -0.39 is 18.2 Å². The van der Waals surface area contributed by atoms with Crippen LogP contribution in [-0.4, -0.2) is 13.2 Å². The monoisotopic (exact) mass is 372 g/mol. The molecule has 0 bridgehead atoms. The first-order valence-corrected chi connectivity index (χ1v) is 9.95. The summed E-state index contributed by atoms with van der Waals surface area (Å²) < 4.78 is 47.5. The predicted molar refractivity (Wildman–Crippen MR) is 97.4 cm³/mol. The van der Waals surface area contributed by atoms with Gasteiger partial charge in [-0.05, 0) is 36.8 Å². The van der Waals surface area contributed by atoms with Crippen LogP contribution in [0.4, 0.5) is 13.2 Å². The predicted octanol–water partition coefficient (Wildman–Crippen LogP) is 6.97. The minimum atomic E-state index is -3.03. The Bertz CT molecular complexity index is 514. The highest BCUT2D eigenvalue weighted by Gasteiger charge is 2.20. The van der Waals surface area contributed by atoms with Crippen molar-refractivity contribution >= 4 is 0 Å². The molecule has 1 aliphatic rings. The molecule has 5 heteroatoms. The summed E-state index contributed by atoms with van der Waals surface area (Å²) in [5.41, 5.74) is 0. The first kappa shape index (κ1) is 20.9. The van der Waals surface area contributed by atoms with Gasteiger partial charge in [-0.1, -0.05) is 58.3 Å². The molecule has 1 saturated carbocycles. The van der Waals surface area contributed by atoms with Gasteiger partial charge in [-0.15, -0.1) is 0 Å². The summed E-state index contributed by atoms with van der Waals surface area (Å²) in [7, 11) is 0. The second-order valence-electron chi connectivity index (χ2n) is 7.34. The van der Waals surface area contributed by atoms with Gasteiger partial charge in [-0.2, -0.15) is 8.78 Å². The van der Waals surface area contributed by atoms with Gasteiger partial charge in [0.1, 0.15) is 5.75 Å². The summed E-state index contributed by atoms with van der Waals surface area (Å²) in [5.74, 6) is 0.765. The third-order valence-corrected chi connectivity index (χ3v) is 5.33. The quantitative estimate of drug-likeness (QED) is 0.390. The Hall–Kier alpha value is -1.39.